The number of hydrogen-bond donors (Lipinski definition) is 0. The molecule has 0 saturated carbocycles. The summed E-state index contributed by atoms with van der Waals surface area (Å²) in [5.74, 6) is -8.40. The Balaban J connectivity index is 6.65. The molecule has 0 aromatic heterocycles. The Morgan fingerprint density at radius 3 is 0.682 bits per heavy atom. The van der Waals surface area contributed by atoms with Gasteiger partial charge in [-0.2, -0.15) is 0 Å². The highest BCUT2D eigenvalue weighted by molar-refractivity contribution is 5.10. The van der Waals surface area contributed by atoms with Crippen molar-refractivity contribution in [2.75, 3.05) is 0 Å². The lowest BCUT2D eigenvalue weighted by Gasteiger charge is -2.03. The van der Waals surface area contributed by atoms with Gasteiger partial charge in [-0.15, -0.1) is 0 Å². The molecule has 0 spiro atoms. The molecule has 0 bridgehead atoms. The summed E-state index contributed by atoms with van der Waals surface area (Å²) in [6.45, 7) is 0. The van der Waals surface area contributed by atoms with Gasteiger partial charge in [0.1, 0.15) is 0 Å². The first-order valence-corrected chi connectivity index (χ1v) is 4.28. The SMILES string of the molecule is O=[N+]([O-])C(C#CC([N+](=O)[O-])([N+](=O)[O-])[N+](=O)[O-])([N+](=O)[O-])[N+](=O)[O-]. The minimum Gasteiger partial charge on any atom is -0.252 e. The van der Waals surface area contributed by atoms with Gasteiger partial charge in [-0.3, -0.25) is 60.7 Å². The van der Waals surface area contributed by atoms with Crippen LogP contribution in [0.1, 0.15) is 0 Å². The van der Waals surface area contributed by atoms with Gasteiger partial charge in [-0.25, -0.2) is 0 Å². The van der Waals surface area contributed by atoms with Gasteiger partial charge < -0.3 is 0 Å². The van der Waals surface area contributed by atoms with Crippen LogP contribution < -0.4 is 0 Å². The number of hydrogen-bond acceptors (Lipinski definition) is 12. The molecule has 0 fully saturated rings. The van der Waals surface area contributed by atoms with Crippen LogP contribution in [0.15, 0.2) is 0 Å². The fourth-order valence-electron chi connectivity index (χ4n) is 0.842. The van der Waals surface area contributed by atoms with Crippen molar-refractivity contribution in [1.82, 2.24) is 0 Å². The highest BCUT2D eigenvalue weighted by atomic mass is 16.7. The lowest BCUT2D eigenvalue weighted by molar-refractivity contribution is -0.955. The highest BCUT2D eigenvalue weighted by Crippen LogP contribution is 2.15. The van der Waals surface area contributed by atoms with Gasteiger partial charge in [-0.1, -0.05) is 0 Å². The van der Waals surface area contributed by atoms with E-state index in [4.69, 9.17) is 0 Å². The maximum absolute atomic E-state index is 10.4. The van der Waals surface area contributed by atoms with Crippen LogP contribution in [0.5, 0.6) is 0 Å². The molecule has 18 heteroatoms. The van der Waals surface area contributed by atoms with E-state index in [1.807, 2.05) is 0 Å². The Hall–Kier alpha value is -4.04. The first-order chi connectivity index (χ1) is 9.87. The zero-order chi connectivity index (χ0) is 17.9. The van der Waals surface area contributed by atoms with Gasteiger partial charge in [0.25, 0.3) is 0 Å². The number of nitro groups is 6. The van der Waals surface area contributed by atoms with Crippen molar-refractivity contribution in [2.24, 2.45) is 0 Å². The van der Waals surface area contributed by atoms with E-state index < -0.39 is 41.1 Å². The monoisotopic (exact) mass is 324 g/mol. The van der Waals surface area contributed by atoms with Gasteiger partial charge >= 0.3 is 11.6 Å². The molecule has 0 heterocycles. The molecule has 0 amide bonds. The molecule has 0 atom stereocenters. The van der Waals surface area contributed by atoms with E-state index in [0.717, 1.165) is 0 Å². The molecule has 118 valence electrons. The highest BCUT2D eigenvalue weighted by Gasteiger charge is 2.75. The van der Waals surface area contributed by atoms with Crippen molar-refractivity contribution in [2.45, 2.75) is 11.6 Å². The molecule has 0 radical (unpaired) electrons. The largest absolute Gasteiger partial charge is 0.768 e. The van der Waals surface area contributed by atoms with Gasteiger partial charge in [0.05, 0.1) is 0 Å². The van der Waals surface area contributed by atoms with Gasteiger partial charge in [0, 0.05) is 0 Å². The summed E-state index contributed by atoms with van der Waals surface area (Å²) in [6, 6.07) is 0. The third-order valence-corrected chi connectivity index (χ3v) is 1.93. The molecule has 22 heavy (non-hydrogen) atoms. The average Bonchev–Trinajstić information content (AvgIpc) is 2.31. The zero-order valence-corrected chi connectivity index (χ0v) is 9.58. The van der Waals surface area contributed by atoms with Crippen LogP contribution in [0.2, 0.25) is 0 Å². The van der Waals surface area contributed by atoms with Gasteiger partial charge in [0.15, 0.2) is 41.4 Å². The Labute approximate surface area is 115 Å². The summed E-state index contributed by atoms with van der Waals surface area (Å²) in [5, 5.41) is 62.6. The van der Waals surface area contributed by atoms with Crippen LogP contribution in [0.25, 0.3) is 0 Å². The molecule has 0 rings (SSSR count). The lowest BCUT2D eigenvalue weighted by atomic mass is 10.3. The molecule has 0 aliphatic carbocycles. The molecule has 0 N–H and O–H groups in total. The third kappa shape index (κ3) is 2.35. The predicted molar refractivity (Wildman–Crippen MR) is 55.2 cm³/mol. The molecule has 0 aromatic carbocycles. The quantitative estimate of drug-likeness (QED) is 0.221. The Kier molecular flexibility index (Phi) is 4.51. The maximum atomic E-state index is 10.4. The van der Waals surface area contributed by atoms with Crippen molar-refractivity contribution < 1.29 is 29.5 Å². The summed E-state index contributed by atoms with van der Waals surface area (Å²) in [4.78, 5) is 49.3. The van der Waals surface area contributed by atoms with E-state index in [1.54, 1.807) is 0 Å². The average molecular weight is 324 g/mol. The third-order valence-electron chi connectivity index (χ3n) is 1.93. The van der Waals surface area contributed by atoms with Crippen molar-refractivity contribution >= 4 is 0 Å². The van der Waals surface area contributed by atoms with E-state index in [2.05, 4.69) is 0 Å². The van der Waals surface area contributed by atoms with Crippen molar-refractivity contribution in [3.8, 4) is 11.8 Å². The molecule has 0 aromatic rings. The Morgan fingerprint density at radius 2 is 0.591 bits per heavy atom. The zero-order valence-electron chi connectivity index (χ0n) is 9.58. The summed E-state index contributed by atoms with van der Waals surface area (Å²) in [5.41, 5.74) is 0. The summed E-state index contributed by atoms with van der Waals surface area (Å²) in [6.07, 6.45) is 0. The lowest BCUT2D eigenvalue weighted by Crippen LogP contribution is -2.55. The molecular formula is C4N6O12. The smallest absolute Gasteiger partial charge is 0.252 e. The molecule has 0 aliphatic rings. The van der Waals surface area contributed by atoms with Crippen molar-refractivity contribution in [3.05, 3.63) is 60.7 Å². The van der Waals surface area contributed by atoms with Crippen molar-refractivity contribution in [3.63, 3.8) is 0 Å². The van der Waals surface area contributed by atoms with Crippen LogP contribution in [0, 0.1) is 72.5 Å². The molecular weight excluding hydrogens is 324 g/mol. The number of nitrogens with zero attached hydrogens (tertiary/aromatic N) is 6. The van der Waals surface area contributed by atoms with Gasteiger partial charge in [0.2, 0.25) is 0 Å². The van der Waals surface area contributed by atoms with E-state index in [9.17, 15) is 60.7 Å². The summed E-state index contributed by atoms with van der Waals surface area (Å²) >= 11 is 0. The molecule has 18 nitrogen and oxygen atoms in total. The topological polar surface area (TPSA) is 259 Å². The fraction of sp³-hybridized carbons (Fsp3) is 0.500. The second kappa shape index (κ2) is 5.53. The Bertz CT molecular complexity index is 528. The minimum absolute atomic E-state index is 0.444. The van der Waals surface area contributed by atoms with E-state index in [0.29, 0.717) is 11.8 Å². The van der Waals surface area contributed by atoms with Crippen molar-refractivity contribution in [1.29, 1.82) is 0 Å². The minimum atomic E-state index is -4.65. The van der Waals surface area contributed by atoms with Gasteiger partial charge in [-0.05, 0) is 0 Å². The summed E-state index contributed by atoms with van der Waals surface area (Å²) < 4.78 is 0. The normalized spacial score (nSPS) is 10.7. The predicted octanol–water partition coefficient (Wildman–Crippen LogP) is -2.04. The van der Waals surface area contributed by atoms with Crippen LogP contribution >= 0.6 is 0 Å². The Morgan fingerprint density at radius 1 is 0.455 bits per heavy atom. The maximum Gasteiger partial charge on any atom is 0.768 e. The fourth-order valence-corrected chi connectivity index (χ4v) is 0.842. The van der Waals surface area contributed by atoms with Crippen LogP contribution in [-0.4, -0.2) is 41.1 Å². The molecule has 0 aliphatic heterocycles. The van der Waals surface area contributed by atoms with Crippen LogP contribution in [0.3, 0.4) is 0 Å². The first-order valence-electron chi connectivity index (χ1n) is 4.28. The van der Waals surface area contributed by atoms with Crippen LogP contribution in [-0.2, 0) is 0 Å². The first kappa shape index (κ1) is 18.0. The van der Waals surface area contributed by atoms with E-state index in [-0.39, 0.29) is 0 Å². The number of rotatable bonds is 6. The van der Waals surface area contributed by atoms with E-state index >= 15 is 0 Å². The van der Waals surface area contributed by atoms with Crippen LogP contribution in [0.4, 0.5) is 0 Å². The second-order valence-corrected chi connectivity index (χ2v) is 3.06. The standard InChI is InChI=1S/C4N6O12/c11-5(12)3(6(13)14,7(15)16)1-2-4(8(17)18,9(19)20)10(21)22. The van der Waals surface area contributed by atoms with E-state index in [1.165, 1.54) is 0 Å². The molecule has 0 saturated heterocycles. The molecule has 0 unspecified atom stereocenters. The summed E-state index contributed by atoms with van der Waals surface area (Å²) in [7, 11) is 0. The second-order valence-electron chi connectivity index (χ2n) is 3.06.